The van der Waals surface area contributed by atoms with E-state index in [-0.39, 0.29) is 0 Å². The number of aryl methyl sites for hydroxylation is 2. The number of rotatable bonds is 1. The lowest BCUT2D eigenvalue weighted by Gasteiger charge is -2.07. The summed E-state index contributed by atoms with van der Waals surface area (Å²) < 4.78 is 1.83. The number of benzene rings is 1. The molecule has 5 heteroatoms. The highest BCUT2D eigenvalue weighted by Gasteiger charge is 2.09. The Morgan fingerprint density at radius 3 is 2.72 bits per heavy atom. The van der Waals surface area contributed by atoms with Crippen LogP contribution in [0.3, 0.4) is 0 Å². The average molecular weight is 239 g/mol. The molecule has 2 heterocycles. The summed E-state index contributed by atoms with van der Waals surface area (Å²) in [7, 11) is 0. The maximum Gasteiger partial charge on any atom is 0.148 e. The second-order valence-electron chi connectivity index (χ2n) is 4.22. The molecule has 0 aliphatic rings. The van der Waals surface area contributed by atoms with Gasteiger partial charge < -0.3 is 5.73 Å². The molecule has 90 valence electrons. The van der Waals surface area contributed by atoms with Gasteiger partial charge in [-0.3, -0.25) is 4.98 Å². The van der Waals surface area contributed by atoms with Crippen molar-refractivity contribution >= 4 is 16.6 Å². The quantitative estimate of drug-likeness (QED) is 0.659. The SMILES string of the molecule is Cc1nc(C)n(-c2ccnc3cc(N)ccc23)n1. The molecule has 0 atom stereocenters. The van der Waals surface area contributed by atoms with Gasteiger partial charge in [0.25, 0.3) is 0 Å². The first-order chi connectivity index (χ1) is 8.65. The highest BCUT2D eigenvalue weighted by molar-refractivity contribution is 5.88. The molecule has 0 saturated carbocycles. The zero-order valence-electron chi connectivity index (χ0n) is 10.3. The van der Waals surface area contributed by atoms with Gasteiger partial charge in [-0.2, -0.15) is 5.10 Å². The molecular formula is C13H13N5. The predicted octanol–water partition coefficient (Wildman–Crippen LogP) is 2.01. The molecule has 0 fully saturated rings. The van der Waals surface area contributed by atoms with E-state index < -0.39 is 0 Å². The third-order valence-electron chi connectivity index (χ3n) is 2.85. The van der Waals surface area contributed by atoms with Crippen LogP contribution in [0.5, 0.6) is 0 Å². The van der Waals surface area contributed by atoms with E-state index in [0.29, 0.717) is 5.69 Å². The second kappa shape index (κ2) is 3.80. The van der Waals surface area contributed by atoms with Crippen LogP contribution in [0.15, 0.2) is 30.5 Å². The van der Waals surface area contributed by atoms with Crippen molar-refractivity contribution in [3.8, 4) is 5.69 Å². The smallest absolute Gasteiger partial charge is 0.148 e. The molecule has 18 heavy (non-hydrogen) atoms. The van der Waals surface area contributed by atoms with E-state index in [1.165, 1.54) is 0 Å². The van der Waals surface area contributed by atoms with Crippen LogP contribution in [0.2, 0.25) is 0 Å². The first kappa shape index (κ1) is 10.7. The molecular weight excluding hydrogens is 226 g/mol. The average Bonchev–Trinajstić information content (AvgIpc) is 2.67. The van der Waals surface area contributed by atoms with Gasteiger partial charge in [-0.1, -0.05) is 0 Å². The molecule has 0 unspecified atom stereocenters. The Morgan fingerprint density at radius 1 is 1.17 bits per heavy atom. The minimum absolute atomic E-state index is 0.707. The van der Waals surface area contributed by atoms with Gasteiger partial charge in [0.05, 0.1) is 11.2 Å². The lowest BCUT2D eigenvalue weighted by molar-refractivity contribution is 0.836. The van der Waals surface area contributed by atoms with Gasteiger partial charge in [0, 0.05) is 17.3 Å². The lowest BCUT2D eigenvalue weighted by Crippen LogP contribution is -2.01. The van der Waals surface area contributed by atoms with Crippen molar-refractivity contribution in [2.45, 2.75) is 13.8 Å². The molecule has 1 aromatic carbocycles. The van der Waals surface area contributed by atoms with Gasteiger partial charge >= 0.3 is 0 Å². The number of fused-ring (bicyclic) bond motifs is 1. The van der Waals surface area contributed by atoms with Crippen LogP contribution >= 0.6 is 0 Å². The van der Waals surface area contributed by atoms with Gasteiger partial charge in [-0.15, -0.1) is 0 Å². The first-order valence-electron chi connectivity index (χ1n) is 5.70. The molecule has 3 rings (SSSR count). The van der Waals surface area contributed by atoms with Crippen molar-refractivity contribution in [3.05, 3.63) is 42.1 Å². The summed E-state index contributed by atoms with van der Waals surface area (Å²) in [5, 5.41) is 5.41. The normalized spacial score (nSPS) is 11.0. The van der Waals surface area contributed by atoms with Gasteiger partial charge in [0.1, 0.15) is 11.6 Å². The van der Waals surface area contributed by atoms with Crippen LogP contribution in [0, 0.1) is 13.8 Å². The van der Waals surface area contributed by atoms with E-state index in [1.807, 2.05) is 42.8 Å². The monoisotopic (exact) mass is 239 g/mol. The fraction of sp³-hybridized carbons (Fsp3) is 0.154. The summed E-state index contributed by atoms with van der Waals surface area (Å²) in [6.07, 6.45) is 1.76. The lowest BCUT2D eigenvalue weighted by atomic mass is 10.1. The summed E-state index contributed by atoms with van der Waals surface area (Å²) in [5.74, 6) is 1.62. The van der Waals surface area contributed by atoms with Crippen molar-refractivity contribution in [2.24, 2.45) is 0 Å². The molecule has 0 aliphatic carbocycles. The maximum absolute atomic E-state index is 5.77. The van der Waals surface area contributed by atoms with Crippen molar-refractivity contribution in [3.63, 3.8) is 0 Å². The minimum atomic E-state index is 0.707. The molecule has 0 amide bonds. The van der Waals surface area contributed by atoms with E-state index >= 15 is 0 Å². The molecule has 5 nitrogen and oxygen atoms in total. The minimum Gasteiger partial charge on any atom is -0.399 e. The highest BCUT2D eigenvalue weighted by atomic mass is 15.3. The van der Waals surface area contributed by atoms with Crippen molar-refractivity contribution in [1.29, 1.82) is 0 Å². The summed E-state index contributed by atoms with van der Waals surface area (Å²) in [6.45, 7) is 3.81. The van der Waals surface area contributed by atoms with Gasteiger partial charge in [0.15, 0.2) is 0 Å². The van der Waals surface area contributed by atoms with Crippen LogP contribution in [0.4, 0.5) is 5.69 Å². The fourth-order valence-electron chi connectivity index (χ4n) is 2.08. The Bertz CT molecular complexity index is 729. The van der Waals surface area contributed by atoms with E-state index in [4.69, 9.17) is 5.73 Å². The van der Waals surface area contributed by atoms with Crippen molar-refractivity contribution in [1.82, 2.24) is 19.7 Å². The summed E-state index contributed by atoms with van der Waals surface area (Å²) in [6, 6.07) is 7.62. The summed E-state index contributed by atoms with van der Waals surface area (Å²) >= 11 is 0. The third-order valence-corrected chi connectivity index (χ3v) is 2.85. The third kappa shape index (κ3) is 1.60. The van der Waals surface area contributed by atoms with E-state index in [9.17, 15) is 0 Å². The van der Waals surface area contributed by atoms with Gasteiger partial charge in [-0.05, 0) is 38.1 Å². The second-order valence-corrected chi connectivity index (χ2v) is 4.22. The highest BCUT2D eigenvalue weighted by Crippen LogP contribution is 2.22. The predicted molar refractivity (Wildman–Crippen MR) is 70.5 cm³/mol. The number of nitrogens with two attached hydrogens (primary N) is 1. The molecule has 0 aliphatic heterocycles. The van der Waals surface area contributed by atoms with Crippen molar-refractivity contribution in [2.75, 3.05) is 5.73 Å². The number of anilines is 1. The van der Waals surface area contributed by atoms with Crippen molar-refractivity contribution < 1.29 is 0 Å². The largest absolute Gasteiger partial charge is 0.399 e. The Balaban J connectivity index is 2.32. The molecule has 2 aromatic heterocycles. The number of nitrogens with zero attached hydrogens (tertiary/aromatic N) is 4. The van der Waals surface area contributed by atoms with E-state index in [1.54, 1.807) is 6.20 Å². The molecule has 0 bridgehead atoms. The number of hydrogen-bond donors (Lipinski definition) is 1. The molecule has 0 radical (unpaired) electrons. The van der Waals surface area contributed by atoms with Crippen LogP contribution in [0.1, 0.15) is 11.6 Å². The summed E-state index contributed by atoms with van der Waals surface area (Å²) in [4.78, 5) is 8.64. The maximum atomic E-state index is 5.77. The Hall–Kier alpha value is -2.43. The molecule has 2 N–H and O–H groups in total. The first-order valence-corrected chi connectivity index (χ1v) is 5.70. The van der Waals surface area contributed by atoms with E-state index in [2.05, 4.69) is 15.1 Å². The zero-order valence-corrected chi connectivity index (χ0v) is 10.3. The Kier molecular flexibility index (Phi) is 2.26. The number of aromatic nitrogens is 4. The van der Waals surface area contributed by atoms with Crippen LogP contribution < -0.4 is 5.73 Å². The molecule has 0 saturated heterocycles. The van der Waals surface area contributed by atoms with E-state index in [0.717, 1.165) is 28.2 Å². The topological polar surface area (TPSA) is 69.6 Å². The fourth-order valence-corrected chi connectivity index (χ4v) is 2.08. The van der Waals surface area contributed by atoms with Crippen LogP contribution in [-0.4, -0.2) is 19.7 Å². The molecule has 3 aromatic rings. The van der Waals surface area contributed by atoms with Gasteiger partial charge in [0.2, 0.25) is 0 Å². The number of nitrogen functional groups attached to an aromatic ring is 1. The number of hydrogen-bond acceptors (Lipinski definition) is 4. The zero-order chi connectivity index (χ0) is 12.7. The summed E-state index contributed by atoms with van der Waals surface area (Å²) in [5.41, 5.74) is 8.31. The van der Waals surface area contributed by atoms with Crippen LogP contribution in [-0.2, 0) is 0 Å². The number of pyridine rings is 1. The Morgan fingerprint density at radius 2 is 2.00 bits per heavy atom. The standard InChI is InChI=1S/C13H13N5/c1-8-16-9(2)18(17-8)13-5-6-15-12-7-10(14)3-4-11(12)13/h3-7H,14H2,1-2H3. The van der Waals surface area contributed by atoms with Crippen LogP contribution in [0.25, 0.3) is 16.6 Å². The van der Waals surface area contributed by atoms with Gasteiger partial charge in [-0.25, -0.2) is 9.67 Å². The molecule has 0 spiro atoms. The Labute approximate surface area is 104 Å².